The molecule has 0 atom stereocenters. The highest BCUT2D eigenvalue weighted by molar-refractivity contribution is 5.81. The summed E-state index contributed by atoms with van der Waals surface area (Å²) in [6.45, 7) is 2.15. The molecule has 2 aromatic carbocycles. The third-order valence-electron chi connectivity index (χ3n) is 4.25. The van der Waals surface area contributed by atoms with Crippen LogP contribution in [-0.2, 0) is 6.18 Å². The Kier molecular flexibility index (Phi) is 5.26. The molecule has 0 unspecified atom stereocenters. The molecule has 1 heterocycles. The molecule has 1 aliphatic heterocycles. The maximum Gasteiger partial charge on any atom is 0.418 e. The van der Waals surface area contributed by atoms with Crippen LogP contribution in [0.25, 0.3) is 0 Å². The van der Waals surface area contributed by atoms with Gasteiger partial charge in [0.15, 0.2) is 0 Å². The van der Waals surface area contributed by atoms with Crippen LogP contribution in [-0.4, -0.2) is 19.3 Å². The van der Waals surface area contributed by atoms with Gasteiger partial charge < -0.3 is 4.90 Å². The van der Waals surface area contributed by atoms with Crippen molar-refractivity contribution in [2.75, 3.05) is 23.4 Å². The van der Waals surface area contributed by atoms with Gasteiger partial charge in [0.25, 0.3) is 0 Å². The van der Waals surface area contributed by atoms with Gasteiger partial charge in [-0.25, -0.2) is 0 Å². The molecule has 25 heavy (non-hydrogen) atoms. The number of hydrogen-bond donors (Lipinski definition) is 1. The van der Waals surface area contributed by atoms with Gasteiger partial charge in [-0.2, -0.15) is 18.3 Å². The van der Waals surface area contributed by atoms with Crippen molar-refractivity contribution in [1.29, 1.82) is 0 Å². The fourth-order valence-electron chi connectivity index (χ4n) is 2.93. The van der Waals surface area contributed by atoms with Crippen molar-refractivity contribution in [2.24, 2.45) is 5.10 Å². The van der Waals surface area contributed by atoms with Crippen molar-refractivity contribution in [2.45, 2.75) is 25.4 Å². The first-order chi connectivity index (χ1) is 12.0. The van der Waals surface area contributed by atoms with Crippen molar-refractivity contribution >= 4 is 17.6 Å². The van der Waals surface area contributed by atoms with Crippen LogP contribution < -0.4 is 10.3 Å². The van der Waals surface area contributed by atoms with Crippen LogP contribution >= 0.6 is 0 Å². The smallest absolute Gasteiger partial charge is 0.372 e. The number of para-hydroxylation sites is 1. The number of hydrogen-bond acceptors (Lipinski definition) is 3. The van der Waals surface area contributed by atoms with E-state index in [1.807, 2.05) is 24.3 Å². The molecule has 0 spiro atoms. The van der Waals surface area contributed by atoms with Crippen molar-refractivity contribution in [3.05, 3.63) is 59.7 Å². The third-order valence-corrected chi connectivity index (χ3v) is 4.25. The first-order valence-corrected chi connectivity index (χ1v) is 8.34. The Balaban J connectivity index is 1.65. The lowest BCUT2D eigenvalue weighted by Crippen LogP contribution is -2.29. The lowest BCUT2D eigenvalue weighted by molar-refractivity contribution is -0.136. The van der Waals surface area contributed by atoms with Crippen LogP contribution in [0.3, 0.4) is 0 Å². The van der Waals surface area contributed by atoms with Gasteiger partial charge in [0.1, 0.15) is 0 Å². The summed E-state index contributed by atoms with van der Waals surface area (Å²) in [7, 11) is 0. The molecule has 1 fully saturated rings. The van der Waals surface area contributed by atoms with Crippen LogP contribution in [0.1, 0.15) is 30.4 Å². The number of nitrogens with zero attached hydrogens (tertiary/aromatic N) is 2. The van der Waals surface area contributed by atoms with Crippen molar-refractivity contribution in [1.82, 2.24) is 0 Å². The molecule has 1 N–H and O–H groups in total. The molecule has 3 rings (SSSR count). The van der Waals surface area contributed by atoms with Crippen molar-refractivity contribution < 1.29 is 13.2 Å². The molecule has 1 saturated heterocycles. The van der Waals surface area contributed by atoms with E-state index in [0.29, 0.717) is 0 Å². The quantitative estimate of drug-likeness (QED) is 0.612. The van der Waals surface area contributed by atoms with E-state index < -0.39 is 11.7 Å². The minimum absolute atomic E-state index is 0.0591. The minimum atomic E-state index is -4.41. The zero-order valence-corrected chi connectivity index (χ0v) is 13.8. The Bertz CT molecular complexity index is 717. The summed E-state index contributed by atoms with van der Waals surface area (Å²) >= 11 is 0. The molecule has 0 aliphatic carbocycles. The second-order valence-corrected chi connectivity index (χ2v) is 6.05. The van der Waals surface area contributed by atoms with Crippen LogP contribution in [0.15, 0.2) is 53.6 Å². The van der Waals surface area contributed by atoms with E-state index in [2.05, 4.69) is 15.4 Å². The number of hydrazone groups is 1. The van der Waals surface area contributed by atoms with E-state index in [1.54, 1.807) is 6.07 Å². The van der Waals surface area contributed by atoms with Gasteiger partial charge in [-0.3, -0.25) is 5.43 Å². The van der Waals surface area contributed by atoms with E-state index in [4.69, 9.17) is 0 Å². The molecule has 2 aromatic rings. The van der Waals surface area contributed by atoms with Crippen LogP contribution in [0, 0.1) is 0 Å². The number of anilines is 2. The summed E-state index contributed by atoms with van der Waals surface area (Å²) < 4.78 is 38.8. The van der Waals surface area contributed by atoms with Crippen LogP contribution in [0.5, 0.6) is 0 Å². The fraction of sp³-hybridized carbons (Fsp3) is 0.316. The number of benzene rings is 2. The Morgan fingerprint density at radius 3 is 2.28 bits per heavy atom. The van der Waals surface area contributed by atoms with E-state index in [9.17, 15) is 13.2 Å². The Hall–Kier alpha value is -2.50. The SMILES string of the molecule is FC(F)(F)c1ccccc1N/N=C/c1ccc(N2CCCCC2)cc1. The predicted octanol–water partition coefficient (Wildman–Crippen LogP) is 5.14. The van der Waals surface area contributed by atoms with Crippen LogP contribution in [0.2, 0.25) is 0 Å². The van der Waals surface area contributed by atoms with E-state index >= 15 is 0 Å². The van der Waals surface area contributed by atoms with E-state index in [1.165, 1.54) is 43.3 Å². The average molecular weight is 347 g/mol. The maximum absolute atomic E-state index is 12.9. The molecule has 0 aromatic heterocycles. The molecule has 6 heteroatoms. The topological polar surface area (TPSA) is 27.6 Å². The second kappa shape index (κ2) is 7.59. The largest absolute Gasteiger partial charge is 0.418 e. The lowest BCUT2D eigenvalue weighted by Gasteiger charge is -2.28. The highest BCUT2D eigenvalue weighted by atomic mass is 19.4. The van der Waals surface area contributed by atoms with E-state index in [0.717, 1.165) is 24.7 Å². The lowest BCUT2D eigenvalue weighted by atomic mass is 10.1. The highest BCUT2D eigenvalue weighted by Crippen LogP contribution is 2.34. The summed E-state index contributed by atoms with van der Waals surface area (Å²) in [6, 6.07) is 13.2. The molecule has 0 saturated carbocycles. The van der Waals surface area contributed by atoms with Gasteiger partial charge in [-0.15, -0.1) is 0 Å². The first-order valence-electron chi connectivity index (χ1n) is 8.34. The average Bonchev–Trinajstić information content (AvgIpc) is 2.63. The van der Waals surface area contributed by atoms with Gasteiger partial charge in [0, 0.05) is 18.8 Å². The molecule has 1 aliphatic rings. The Morgan fingerprint density at radius 2 is 1.60 bits per heavy atom. The molecule has 3 nitrogen and oxygen atoms in total. The van der Waals surface area contributed by atoms with Gasteiger partial charge >= 0.3 is 6.18 Å². The van der Waals surface area contributed by atoms with Crippen molar-refractivity contribution in [3.63, 3.8) is 0 Å². The Morgan fingerprint density at radius 1 is 0.920 bits per heavy atom. The number of nitrogens with one attached hydrogen (secondary N) is 1. The van der Waals surface area contributed by atoms with Gasteiger partial charge in [-0.1, -0.05) is 24.3 Å². The first kappa shape index (κ1) is 17.3. The summed E-state index contributed by atoms with van der Waals surface area (Å²) in [6.07, 6.45) is 0.826. The number of halogens is 3. The standard InChI is InChI=1S/C19H20F3N3/c20-19(21,22)17-6-2-3-7-18(17)24-23-14-15-8-10-16(11-9-15)25-12-4-1-5-13-25/h2-3,6-11,14,24H,1,4-5,12-13H2/b23-14+. The number of alkyl halides is 3. The minimum Gasteiger partial charge on any atom is -0.372 e. The summed E-state index contributed by atoms with van der Waals surface area (Å²) in [4.78, 5) is 2.35. The van der Waals surface area contributed by atoms with Crippen LogP contribution in [0.4, 0.5) is 24.5 Å². The van der Waals surface area contributed by atoms with E-state index in [-0.39, 0.29) is 5.69 Å². The maximum atomic E-state index is 12.9. The third kappa shape index (κ3) is 4.53. The summed E-state index contributed by atoms with van der Waals surface area (Å²) in [5.74, 6) is 0. The predicted molar refractivity (Wildman–Crippen MR) is 95.2 cm³/mol. The molecular formula is C19H20F3N3. The molecule has 0 radical (unpaired) electrons. The highest BCUT2D eigenvalue weighted by Gasteiger charge is 2.33. The molecule has 0 amide bonds. The second-order valence-electron chi connectivity index (χ2n) is 6.05. The zero-order chi connectivity index (χ0) is 17.7. The monoisotopic (exact) mass is 347 g/mol. The molecule has 132 valence electrons. The van der Waals surface area contributed by atoms with Gasteiger partial charge in [0.2, 0.25) is 0 Å². The van der Waals surface area contributed by atoms with Gasteiger partial charge in [-0.05, 0) is 49.1 Å². The Labute approximate surface area is 145 Å². The molecular weight excluding hydrogens is 327 g/mol. The number of piperidine rings is 1. The van der Waals surface area contributed by atoms with Crippen molar-refractivity contribution in [3.8, 4) is 0 Å². The molecule has 0 bridgehead atoms. The summed E-state index contributed by atoms with van der Waals surface area (Å²) in [5, 5.41) is 3.94. The normalized spacial score (nSPS) is 15.6. The number of rotatable bonds is 4. The van der Waals surface area contributed by atoms with Gasteiger partial charge in [0.05, 0.1) is 17.5 Å². The zero-order valence-electron chi connectivity index (χ0n) is 13.8. The fourth-order valence-corrected chi connectivity index (χ4v) is 2.93. The summed E-state index contributed by atoms with van der Waals surface area (Å²) in [5.41, 5.74) is 3.70.